The number of halogens is 1. The van der Waals surface area contributed by atoms with Gasteiger partial charge in [-0.1, -0.05) is 18.2 Å². The second kappa shape index (κ2) is 6.39. The molecule has 1 amide bonds. The second-order valence-corrected chi connectivity index (χ2v) is 5.02. The number of rotatable bonds is 4. The largest absolute Gasteiger partial charge is 0.399 e. The summed E-state index contributed by atoms with van der Waals surface area (Å²) in [6.45, 7) is 4.70. The minimum atomic E-state index is -0.295. The van der Waals surface area contributed by atoms with Crippen molar-refractivity contribution in [1.29, 1.82) is 0 Å². The molecule has 4 heteroatoms. The summed E-state index contributed by atoms with van der Waals surface area (Å²) in [7, 11) is 0. The van der Waals surface area contributed by atoms with E-state index in [4.69, 9.17) is 5.73 Å². The van der Waals surface area contributed by atoms with E-state index in [0.717, 1.165) is 11.1 Å². The molecule has 0 unspecified atom stereocenters. The molecule has 110 valence electrons. The molecule has 0 spiro atoms. The van der Waals surface area contributed by atoms with E-state index in [1.54, 1.807) is 23.1 Å². The van der Waals surface area contributed by atoms with Gasteiger partial charge in [0.1, 0.15) is 5.82 Å². The van der Waals surface area contributed by atoms with Crippen LogP contribution in [0.4, 0.5) is 10.1 Å². The maximum atomic E-state index is 13.2. The normalized spacial score (nSPS) is 10.4. The number of anilines is 1. The van der Waals surface area contributed by atoms with Crippen LogP contribution in [0.3, 0.4) is 0 Å². The van der Waals surface area contributed by atoms with Gasteiger partial charge in [-0.2, -0.15) is 0 Å². The van der Waals surface area contributed by atoms with E-state index in [0.29, 0.717) is 24.3 Å². The maximum Gasteiger partial charge on any atom is 0.254 e. The van der Waals surface area contributed by atoms with Crippen LogP contribution >= 0.6 is 0 Å². The summed E-state index contributed by atoms with van der Waals surface area (Å²) in [5, 5.41) is 0. The van der Waals surface area contributed by atoms with Crippen molar-refractivity contribution in [2.24, 2.45) is 0 Å². The van der Waals surface area contributed by atoms with E-state index < -0.39 is 0 Å². The molecule has 0 atom stereocenters. The molecule has 2 N–H and O–H groups in total. The van der Waals surface area contributed by atoms with Gasteiger partial charge in [0, 0.05) is 24.3 Å². The van der Waals surface area contributed by atoms with Gasteiger partial charge < -0.3 is 10.6 Å². The van der Waals surface area contributed by atoms with Gasteiger partial charge in [0.25, 0.3) is 5.91 Å². The number of nitrogen functional groups attached to an aromatic ring is 1. The minimum absolute atomic E-state index is 0.0911. The van der Waals surface area contributed by atoms with Crippen molar-refractivity contribution in [3.05, 3.63) is 65.0 Å². The Bertz CT molecular complexity index is 655. The molecule has 0 bridgehead atoms. The first-order chi connectivity index (χ1) is 10.0. The Morgan fingerprint density at radius 2 is 2.00 bits per heavy atom. The number of amides is 1. The van der Waals surface area contributed by atoms with Crippen LogP contribution in [-0.2, 0) is 6.54 Å². The summed E-state index contributed by atoms with van der Waals surface area (Å²) in [4.78, 5) is 14.3. The van der Waals surface area contributed by atoms with Gasteiger partial charge in [-0.05, 0) is 49.2 Å². The maximum absolute atomic E-state index is 13.2. The van der Waals surface area contributed by atoms with Crippen LogP contribution in [0.5, 0.6) is 0 Å². The zero-order valence-electron chi connectivity index (χ0n) is 12.3. The van der Waals surface area contributed by atoms with Crippen LogP contribution in [0.1, 0.15) is 28.4 Å². The molecule has 0 fully saturated rings. The van der Waals surface area contributed by atoms with Gasteiger partial charge in [-0.25, -0.2) is 4.39 Å². The Morgan fingerprint density at radius 3 is 2.67 bits per heavy atom. The Labute approximate surface area is 124 Å². The fraction of sp³-hybridized carbons (Fsp3) is 0.235. The number of carbonyl (C=O) groups excluding carboxylic acids is 1. The first-order valence-corrected chi connectivity index (χ1v) is 6.91. The van der Waals surface area contributed by atoms with Crippen molar-refractivity contribution in [2.75, 3.05) is 12.3 Å². The highest BCUT2D eigenvalue weighted by atomic mass is 19.1. The molecule has 0 radical (unpaired) electrons. The van der Waals surface area contributed by atoms with Crippen LogP contribution in [0.25, 0.3) is 0 Å². The number of hydrogen-bond donors (Lipinski definition) is 1. The Balaban J connectivity index is 2.24. The van der Waals surface area contributed by atoms with E-state index in [1.165, 1.54) is 12.1 Å². The summed E-state index contributed by atoms with van der Waals surface area (Å²) >= 11 is 0. The Kier molecular flexibility index (Phi) is 4.58. The molecule has 0 aliphatic carbocycles. The zero-order valence-corrected chi connectivity index (χ0v) is 12.3. The molecule has 0 aliphatic heterocycles. The molecule has 21 heavy (non-hydrogen) atoms. The molecule has 0 aliphatic rings. The quantitative estimate of drug-likeness (QED) is 0.876. The van der Waals surface area contributed by atoms with Crippen LogP contribution in [0, 0.1) is 12.7 Å². The number of hydrogen-bond acceptors (Lipinski definition) is 2. The van der Waals surface area contributed by atoms with E-state index in [1.807, 2.05) is 26.0 Å². The highest BCUT2D eigenvalue weighted by Crippen LogP contribution is 2.17. The Hall–Kier alpha value is -2.36. The lowest BCUT2D eigenvalue weighted by molar-refractivity contribution is 0.0751. The minimum Gasteiger partial charge on any atom is -0.399 e. The lowest BCUT2D eigenvalue weighted by atomic mass is 10.1. The lowest BCUT2D eigenvalue weighted by Crippen LogP contribution is -2.31. The zero-order chi connectivity index (χ0) is 15.4. The van der Waals surface area contributed by atoms with Crippen molar-refractivity contribution >= 4 is 11.6 Å². The number of nitrogens with two attached hydrogens (primary N) is 1. The van der Waals surface area contributed by atoms with E-state index in [9.17, 15) is 9.18 Å². The number of benzene rings is 2. The van der Waals surface area contributed by atoms with Crippen LogP contribution in [-0.4, -0.2) is 17.4 Å². The highest BCUT2D eigenvalue weighted by molar-refractivity contribution is 5.96. The molecule has 0 heterocycles. The smallest absolute Gasteiger partial charge is 0.254 e. The summed E-state index contributed by atoms with van der Waals surface area (Å²) < 4.78 is 13.2. The third-order valence-electron chi connectivity index (χ3n) is 3.42. The van der Waals surface area contributed by atoms with Crippen LogP contribution in [0.2, 0.25) is 0 Å². The predicted octanol–water partition coefficient (Wildman–Crippen LogP) is 3.38. The van der Waals surface area contributed by atoms with Crippen molar-refractivity contribution in [3.63, 3.8) is 0 Å². The van der Waals surface area contributed by atoms with E-state index in [-0.39, 0.29) is 11.7 Å². The average molecular weight is 286 g/mol. The van der Waals surface area contributed by atoms with Gasteiger partial charge in [0.05, 0.1) is 0 Å². The van der Waals surface area contributed by atoms with Crippen molar-refractivity contribution in [2.45, 2.75) is 20.4 Å². The summed E-state index contributed by atoms with van der Waals surface area (Å²) in [5.41, 5.74) is 8.56. The van der Waals surface area contributed by atoms with Crippen molar-refractivity contribution in [1.82, 2.24) is 4.90 Å². The topological polar surface area (TPSA) is 46.3 Å². The van der Waals surface area contributed by atoms with Gasteiger partial charge in [-0.15, -0.1) is 0 Å². The third-order valence-corrected chi connectivity index (χ3v) is 3.42. The lowest BCUT2D eigenvalue weighted by Gasteiger charge is -2.22. The molecule has 3 nitrogen and oxygen atoms in total. The molecular weight excluding hydrogens is 267 g/mol. The molecule has 0 saturated carbocycles. The van der Waals surface area contributed by atoms with Gasteiger partial charge in [0.2, 0.25) is 0 Å². The molecule has 0 saturated heterocycles. The van der Waals surface area contributed by atoms with Crippen molar-refractivity contribution in [3.8, 4) is 0 Å². The van der Waals surface area contributed by atoms with Gasteiger partial charge in [-0.3, -0.25) is 4.79 Å². The SMILES string of the molecule is CCN(Cc1cccc(F)c1)C(=O)c1cc(N)ccc1C. The van der Waals surface area contributed by atoms with Crippen LogP contribution < -0.4 is 5.73 Å². The number of aryl methyl sites for hydroxylation is 1. The first kappa shape index (κ1) is 15.0. The molecule has 0 aromatic heterocycles. The fourth-order valence-corrected chi connectivity index (χ4v) is 2.22. The molecule has 2 aromatic carbocycles. The summed E-state index contributed by atoms with van der Waals surface area (Å²) in [6, 6.07) is 11.6. The summed E-state index contributed by atoms with van der Waals surface area (Å²) in [5.74, 6) is -0.386. The molecule has 2 rings (SSSR count). The third kappa shape index (κ3) is 3.60. The second-order valence-electron chi connectivity index (χ2n) is 5.02. The van der Waals surface area contributed by atoms with E-state index in [2.05, 4.69) is 0 Å². The van der Waals surface area contributed by atoms with Gasteiger partial charge in [0.15, 0.2) is 0 Å². The highest BCUT2D eigenvalue weighted by Gasteiger charge is 2.17. The van der Waals surface area contributed by atoms with Gasteiger partial charge >= 0.3 is 0 Å². The summed E-state index contributed by atoms with van der Waals surface area (Å²) in [6.07, 6.45) is 0. The monoisotopic (exact) mass is 286 g/mol. The molecule has 2 aromatic rings. The number of carbonyl (C=O) groups is 1. The van der Waals surface area contributed by atoms with Crippen molar-refractivity contribution < 1.29 is 9.18 Å². The molecular formula is C17H19FN2O. The van der Waals surface area contributed by atoms with Crippen LogP contribution in [0.15, 0.2) is 42.5 Å². The number of nitrogens with zero attached hydrogens (tertiary/aromatic N) is 1. The predicted molar refractivity (Wildman–Crippen MR) is 82.4 cm³/mol. The Morgan fingerprint density at radius 1 is 1.24 bits per heavy atom. The average Bonchev–Trinajstić information content (AvgIpc) is 2.46. The standard InChI is InChI=1S/C17H19FN2O/c1-3-20(11-13-5-4-6-14(18)9-13)17(21)16-10-15(19)8-7-12(16)2/h4-10H,3,11,19H2,1-2H3. The first-order valence-electron chi connectivity index (χ1n) is 6.91. The van der Waals surface area contributed by atoms with E-state index >= 15 is 0 Å². The fourth-order valence-electron chi connectivity index (χ4n) is 2.22.